The predicted molar refractivity (Wildman–Crippen MR) is 87.4 cm³/mol. The van der Waals surface area contributed by atoms with Crippen molar-refractivity contribution in [2.45, 2.75) is 32.2 Å². The second-order valence-corrected chi connectivity index (χ2v) is 10.3. The molecule has 2 rings (SSSR count). The number of hydrogen-bond donors (Lipinski definition) is 1. The molecule has 5 nitrogen and oxygen atoms in total. The van der Waals surface area contributed by atoms with Crippen LogP contribution < -0.4 is 5.73 Å². The lowest BCUT2D eigenvalue weighted by atomic mass is 9.90. The zero-order chi connectivity index (χ0) is 15.7. The SMILES string of the molecule is CC1CC(COP(C)(=O)N2CCC(N)CC2)C[N+](C)(C)C1. The Bertz CT molecular complexity index is 394. The van der Waals surface area contributed by atoms with Crippen molar-refractivity contribution in [3.05, 3.63) is 0 Å². The normalized spacial score (nSPS) is 34.5. The molecule has 0 aromatic carbocycles. The van der Waals surface area contributed by atoms with Gasteiger partial charge in [-0.25, -0.2) is 4.67 Å². The molecule has 21 heavy (non-hydrogen) atoms. The Balaban J connectivity index is 1.85. The maximum Gasteiger partial charge on any atom is 0.269 e. The molecule has 2 heterocycles. The predicted octanol–water partition coefficient (Wildman–Crippen LogP) is 1.98. The van der Waals surface area contributed by atoms with Crippen molar-refractivity contribution >= 4 is 7.52 Å². The fourth-order valence-corrected chi connectivity index (χ4v) is 5.64. The van der Waals surface area contributed by atoms with E-state index in [2.05, 4.69) is 21.0 Å². The first-order valence-electron chi connectivity index (χ1n) is 8.23. The average Bonchev–Trinajstić information content (AvgIpc) is 2.35. The lowest BCUT2D eigenvalue weighted by Crippen LogP contribution is -2.51. The molecule has 0 bridgehead atoms. The Hall–Kier alpha value is 0.0700. The van der Waals surface area contributed by atoms with Gasteiger partial charge in [0.15, 0.2) is 0 Å². The second-order valence-electron chi connectivity index (χ2n) is 7.90. The third kappa shape index (κ3) is 5.04. The van der Waals surface area contributed by atoms with Crippen LogP contribution in [0.5, 0.6) is 0 Å². The molecular formula is C15H33N3O2P+. The van der Waals surface area contributed by atoms with Gasteiger partial charge in [-0.3, -0.25) is 4.57 Å². The maximum absolute atomic E-state index is 12.8. The van der Waals surface area contributed by atoms with Gasteiger partial charge in [0, 0.05) is 37.6 Å². The van der Waals surface area contributed by atoms with Crippen LogP contribution in [-0.4, -0.2) is 68.7 Å². The van der Waals surface area contributed by atoms with Crippen molar-refractivity contribution in [3.63, 3.8) is 0 Å². The minimum atomic E-state index is -2.65. The van der Waals surface area contributed by atoms with Gasteiger partial charge in [-0.15, -0.1) is 0 Å². The summed E-state index contributed by atoms with van der Waals surface area (Å²) in [5.74, 6) is 1.23. The smallest absolute Gasteiger partial charge is 0.269 e. The molecule has 0 spiro atoms. The molecule has 2 aliphatic heterocycles. The number of rotatable bonds is 4. The molecule has 0 amide bonds. The van der Waals surface area contributed by atoms with Crippen LogP contribution in [0.15, 0.2) is 0 Å². The number of quaternary nitrogens is 1. The first-order valence-corrected chi connectivity index (χ1v) is 10.3. The molecule has 3 atom stereocenters. The van der Waals surface area contributed by atoms with Crippen molar-refractivity contribution in [3.8, 4) is 0 Å². The van der Waals surface area contributed by atoms with Crippen LogP contribution in [0.4, 0.5) is 0 Å². The number of hydrogen-bond acceptors (Lipinski definition) is 3. The molecule has 0 aromatic rings. The molecule has 0 radical (unpaired) electrons. The number of nitrogens with zero attached hydrogens (tertiary/aromatic N) is 2. The van der Waals surface area contributed by atoms with Crippen molar-refractivity contribution in [1.82, 2.24) is 4.67 Å². The second kappa shape index (κ2) is 6.67. The first-order chi connectivity index (χ1) is 9.68. The van der Waals surface area contributed by atoms with E-state index in [-0.39, 0.29) is 6.04 Å². The molecule has 0 aromatic heterocycles. The van der Waals surface area contributed by atoms with E-state index in [0.29, 0.717) is 18.4 Å². The molecule has 0 aliphatic carbocycles. The molecule has 124 valence electrons. The molecule has 3 unspecified atom stereocenters. The van der Waals surface area contributed by atoms with E-state index in [0.717, 1.165) is 37.0 Å². The summed E-state index contributed by atoms with van der Waals surface area (Å²) in [5.41, 5.74) is 5.92. The largest absolute Gasteiger partial charge is 0.328 e. The van der Waals surface area contributed by atoms with Crippen molar-refractivity contribution in [2.75, 3.05) is 53.5 Å². The minimum absolute atomic E-state index is 0.263. The summed E-state index contributed by atoms with van der Waals surface area (Å²) in [4.78, 5) is 0. The molecular weight excluding hydrogens is 285 g/mol. The summed E-state index contributed by atoms with van der Waals surface area (Å²) in [6, 6.07) is 0.263. The topological polar surface area (TPSA) is 55.6 Å². The van der Waals surface area contributed by atoms with Crippen molar-refractivity contribution < 1.29 is 13.6 Å². The standard InChI is InChI=1S/C15H33N3O2P/c1-13-9-14(11-18(2,3)10-13)12-20-21(4,19)17-7-5-15(16)6-8-17/h13-15H,5-12,16H2,1-4H3/q+1. The highest BCUT2D eigenvalue weighted by Crippen LogP contribution is 2.48. The minimum Gasteiger partial charge on any atom is -0.328 e. The van der Waals surface area contributed by atoms with E-state index < -0.39 is 7.52 Å². The van der Waals surface area contributed by atoms with Crippen molar-refractivity contribution in [1.29, 1.82) is 0 Å². The van der Waals surface area contributed by atoms with E-state index in [1.54, 1.807) is 6.66 Å². The summed E-state index contributed by atoms with van der Waals surface area (Å²) in [7, 11) is 1.90. The van der Waals surface area contributed by atoms with Gasteiger partial charge < -0.3 is 14.7 Å². The summed E-state index contributed by atoms with van der Waals surface area (Å²) in [6.07, 6.45) is 3.03. The van der Waals surface area contributed by atoms with E-state index in [9.17, 15) is 4.57 Å². The van der Waals surface area contributed by atoms with Crippen LogP contribution in [-0.2, 0) is 9.09 Å². The number of nitrogens with two attached hydrogens (primary N) is 1. The van der Waals surface area contributed by atoms with Gasteiger partial charge in [-0.1, -0.05) is 6.92 Å². The van der Waals surface area contributed by atoms with Gasteiger partial charge in [0.05, 0.1) is 33.8 Å². The quantitative estimate of drug-likeness (QED) is 0.636. The van der Waals surface area contributed by atoms with E-state index >= 15 is 0 Å². The third-order valence-electron chi connectivity index (χ3n) is 4.87. The van der Waals surface area contributed by atoms with Gasteiger partial charge in [0.25, 0.3) is 7.52 Å². The fourth-order valence-electron chi connectivity index (χ4n) is 4.03. The highest BCUT2D eigenvalue weighted by Gasteiger charge is 2.35. The summed E-state index contributed by atoms with van der Waals surface area (Å²) in [6.45, 7) is 8.66. The van der Waals surface area contributed by atoms with Crippen LogP contribution in [0.25, 0.3) is 0 Å². The van der Waals surface area contributed by atoms with Crippen molar-refractivity contribution in [2.24, 2.45) is 17.6 Å². The maximum atomic E-state index is 12.8. The zero-order valence-electron chi connectivity index (χ0n) is 14.1. The Kier molecular flexibility index (Phi) is 5.54. The highest BCUT2D eigenvalue weighted by molar-refractivity contribution is 7.55. The monoisotopic (exact) mass is 318 g/mol. The molecule has 2 fully saturated rings. The molecule has 2 N–H and O–H groups in total. The average molecular weight is 318 g/mol. The van der Waals surface area contributed by atoms with Crippen LogP contribution in [0, 0.1) is 11.8 Å². The Morgan fingerprint density at radius 1 is 1.29 bits per heavy atom. The summed E-state index contributed by atoms with van der Waals surface area (Å²) in [5, 5.41) is 0. The lowest BCUT2D eigenvalue weighted by Gasteiger charge is -2.41. The first kappa shape index (κ1) is 17.4. The van der Waals surface area contributed by atoms with E-state index in [1.807, 2.05) is 4.67 Å². The summed E-state index contributed by atoms with van der Waals surface area (Å²) < 4.78 is 21.8. The highest BCUT2D eigenvalue weighted by atomic mass is 31.2. The molecule has 2 aliphatic rings. The van der Waals surface area contributed by atoms with Gasteiger partial charge in [-0.05, 0) is 19.3 Å². The van der Waals surface area contributed by atoms with E-state index in [4.69, 9.17) is 10.3 Å². The number of likely N-dealkylation sites (tertiary alicyclic amines) is 1. The Labute approximate surface area is 129 Å². The lowest BCUT2D eigenvalue weighted by molar-refractivity contribution is -0.902. The third-order valence-corrected chi connectivity index (χ3v) is 6.93. The summed E-state index contributed by atoms with van der Waals surface area (Å²) >= 11 is 0. The molecule has 6 heteroatoms. The fraction of sp³-hybridized carbons (Fsp3) is 1.00. The van der Waals surface area contributed by atoms with Crippen LogP contribution in [0.1, 0.15) is 26.2 Å². The van der Waals surface area contributed by atoms with Gasteiger partial charge in [0.1, 0.15) is 0 Å². The van der Waals surface area contributed by atoms with Crippen LogP contribution in [0.2, 0.25) is 0 Å². The number of piperidine rings is 2. The molecule has 2 saturated heterocycles. The van der Waals surface area contributed by atoms with Gasteiger partial charge in [-0.2, -0.15) is 0 Å². The van der Waals surface area contributed by atoms with Crippen LogP contribution in [0.3, 0.4) is 0 Å². The van der Waals surface area contributed by atoms with E-state index in [1.165, 1.54) is 13.0 Å². The Morgan fingerprint density at radius 2 is 1.90 bits per heavy atom. The molecule has 0 saturated carbocycles. The Morgan fingerprint density at radius 3 is 2.48 bits per heavy atom. The zero-order valence-corrected chi connectivity index (χ0v) is 15.0. The van der Waals surface area contributed by atoms with Crippen LogP contribution >= 0.6 is 7.52 Å². The van der Waals surface area contributed by atoms with Gasteiger partial charge in [0.2, 0.25) is 0 Å². The van der Waals surface area contributed by atoms with Gasteiger partial charge >= 0.3 is 0 Å².